The Morgan fingerprint density at radius 3 is 2.53 bits per heavy atom. The second-order valence-electron chi connectivity index (χ2n) is 9.31. The van der Waals surface area contributed by atoms with E-state index in [1.54, 1.807) is 19.2 Å². The van der Waals surface area contributed by atoms with Gasteiger partial charge in [-0.1, -0.05) is 59.3 Å². The maximum atomic E-state index is 12.8. The minimum absolute atomic E-state index is 0.0000845. The largest absolute Gasteiger partial charge is 0.497 e. The Kier molecular flexibility index (Phi) is 7.53. The number of carbonyl (C=O) groups is 2. The van der Waals surface area contributed by atoms with Crippen molar-refractivity contribution in [3.63, 3.8) is 0 Å². The molecule has 3 aromatic rings. The van der Waals surface area contributed by atoms with E-state index in [0.717, 1.165) is 28.2 Å². The zero-order valence-electron chi connectivity index (χ0n) is 21.3. The normalized spacial score (nSPS) is 18.8. The highest BCUT2D eigenvalue weighted by molar-refractivity contribution is 8.15. The van der Waals surface area contributed by atoms with Crippen LogP contribution in [0.4, 0.5) is 5.69 Å². The Hall–Kier alpha value is -3.62. The summed E-state index contributed by atoms with van der Waals surface area (Å²) < 4.78 is 5.29. The van der Waals surface area contributed by atoms with Crippen LogP contribution in [0, 0.1) is 13.8 Å². The molecule has 2 amide bonds. The van der Waals surface area contributed by atoms with Crippen molar-refractivity contribution < 1.29 is 14.3 Å². The minimum Gasteiger partial charge on any atom is -0.497 e. The molecule has 1 N–H and O–H groups in total. The van der Waals surface area contributed by atoms with E-state index in [0.29, 0.717) is 22.3 Å². The van der Waals surface area contributed by atoms with Crippen LogP contribution >= 0.6 is 23.4 Å². The molecule has 0 saturated carbocycles. The van der Waals surface area contributed by atoms with Crippen molar-refractivity contribution in [1.82, 2.24) is 5.01 Å². The zero-order chi connectivity index (χ0) is 26.8. The zero-order valence-corrected chi connectivity index (χ0v) is 22.8. The summed E-state index contributed by atoms with van der Waals surface area (Å²) in [4.78, 5) is 29.9. The molecule has 0 spiro atoms. The Morgan fingerprint density at radius 2 is 1.84 bits per heavy atom. The average molecular weight is 547 g/mol. The van der Waals surface area contributed by atoms with Gasteiger partial charge < -0.3 is 10.1 Å². The molecule has 0 aromatic heterocycles. The van der Waals surface area contributed by atoms with Gasteiger partial charge in [-0.05, 0) is 66.9 Å². The minimum atomic E-state index is -0.621. The first-order valence-electron chi connectivity index (χ1n) is 12.2. The van der Waals surface area contributed by atoms with Crippen LogP contribution in [0.5, 0.6) is 5.75 Å². The quantitative estimate of drug-likeness (QED) is 0.401. The Balaban J connectivity index is 1.34. The molecule has 0 saturated heterocycles. The van der Waals surface area contributed by atoms with Crippen molar-refractivity contribution in [3.05, 3.63) is 94.0 Å². The first kappa shape index (κ1) is 26.0. The van der Waals surface area contributed by atoms with Crippen LogP contribution in [0.1, 0.15) is 41.1 Å². The number of nitrogens with zero attached hydrogens (tertiary/aromatic N) is 3. The van der Waals surface area contributed by atoms with Gasteiger partial charge in [-0.3, -0.25) is 9.59 Å². The number of hydrogen-bond acceptors (Lipinski definition) is 6. The third kappa shape index (κ3) is 5.61. The van der Waals surface area contributed by atoms with Gasteiger partial charge in [-0.2, -0.15) is 10.1 Å². The lowest BCUT2D eigenvalue weighted by molar-refractivity contribution is -0.121. The highest BCUT2D eigenvalue weighted by atomic mass is 35.5. The molecule has 2 heterocycles. The Labute approximate surface area is 230 Å². The van der Waals surface area contributed by atoms with E-state index in [2.05, 4.69) is 34.6 Å². The van der Waals surface area contributed by atoms with E-state index in [9.17, 15) is 9.59 Å². The SMILES string of the molecule is COc1ccc(C2=NN(C3=NC(=O)[C@@H](CC(=O)Nc4ccc(C)c(Cl)c4)S3)[C@@H](c3ccc(C)cc3)C2)cc1. The van der Waals surface area contributed by atoms with Crippen LogP contribution in [0.2, 0.25) is 5.02 Å². The summed E-state index contributed by atoms with van der Waals surface area (Å²) in [6.45, 7) is 3.94. The third-order valence-electron chi connectivity index (χ3n) is 6.55. The first-order valence-corrected chi connectivity index (χ1v) is 13.5. The fraction of sp³-hybridized carbons (Fsp3) is 0.241. The number of ether oxygens (including phenoxy) is 1. The lowest BCUT2D eigenvalue weighted by atomic mass is 9.98. The number of amides is 2. The highest BCUT2D eigenvalue weighted by Crippen LogP contribution is 2.39. The van der Waals surface area contributed by atoms with Crippen LogP contribution in [0.25, 0.3) is 0 Å². The number of aliphatic imine (C=N–C) groups is 1. The maximum absolute atomic E-state index is 12.8. The second-order valence-corrected chi connectivity index (χ2v) is 10.9. The van der Waals surface area contributed by atoms with E-state index >= 15 is 0 Å². The van der Waals surface area contributed by atoms with Crippen LogP contribution in [-0.2, 0) is 9.59 Å². The molecule has 2 atom stereocenters. The fourth-order valence-electron chi connectivity index (χ4n) is 4.35. The van der Waals surface area contributed by atoms with E-state index < -0.39 is 5.25 Å². The smallest absolute Gasteiger partial charge is 0.262 e. The summed E-state index contributed by atoms with van der Waals surface area (Å²) >= 11 is 7.45. The van der Waals surface area contributed by atoms with E-state index in [-0.39, 0.29) is 24.3 Å². The number of hydrogen-bond donors (Lipinski definition) is 1. The maximum Gasteiger partial charge on any atom is 0.262 e. The van der Waals surface area contributed by atoms with Gasteiger partial charge in [-0.25, -0.2) is 5.01 Å². The van der Waals surface area contributed by atoms with Crippen LogP contribution in [0.15, 0.2) is 76.8 Å². The summed E-state index contributed by atoms with van der Waals surface area (Å²) in [5, 5.41) is 10.0. The van der Waals surface area contributed by atoms with Crippen molar-refractivity contribution in [2.24, 2.45) is 10.1 Å². The van der Waals surface area contributed by atoms with Crippen molar-refractivity contribution in [3.8, 4) is 5.75 Å². The lowest BCUT2D eigenvalue weighted by Crippen LogP contribution is -2.25. The molecule has 2 aliphatic heterocycles. The van der Waals surface area contributed by atoms with E-state index in [1.807, 2.05) is 49.2 Å². The molecule has 9 heteroatoms. The molecule has 7 nitrogen and oxygen atoms in total. The predicted molar refractivity (Wildman–Crippen MR) is 153 cm³/mol. The number of halogens is 1. The van der Waals surface area contributed by atoms with Gasteiger partial charge in [0.15, 0.2) is 5.17 Å². The number of nitrogens with one attached hydrogen (secondary N) is 1. The van der Waals surface area contributed by atoms with Crippen LogP contribution in [0.3, 0.4) is 0 Å². The molecular formula is C29H27ClN4O3S. The first-order chi connectivity index (χ1) is 18.3. The topological polar surface area (TPSA) is 83.4 Å². The molecule has 2 aliphatic rings. The highest BCUT2D eigenvalue weighted by Gasteiger charge is 2.39. The summed E-state index contributed by atoms with van der Waals surface area (Å²) in [6, 6.07) is 21.3. The van der Waals surface area contributed by atoms with Gasteiger partial charge >= 0.3 is 0 Å². The number of rotatable bonds is 6. The molecule has 0 bridgehead atoms. The predicted octanol–water partition coefficient (Wildman–Crippen LogP) is 6.14. The van der Waals surface area contributed by atoms with E-state index in [1.165, 1.54) is 17.3 Å². The summed E-state index contributed by atoms with van der Waals surface area (Å²) in [5.74, 6) is 0.165. The van der Waals surface area contributed by atoms with Gasteiger partial charge in [0.25, 0.3) is 5.91 Å². The molecular weight excluding hydrogens is 520 g/mol. The molecule has 0 fully saturated rings. The van der Waals surface area contributed by atoms with Crippen molar-refractivity contribution in [2.75, 3.05) is 12.4 Å². The van der Waals surface area contributed by atoms with Gasteiger partial charge in [0.2, 0.25) is 5.91 Å². The number of aryl methyl sites for hydroxylation is 2. The molecule has 0 unspecified atom stereocenters. The third-order valence-corrected chi connectivity index (χ3v) is 8.10. The number of amidine groups is 1. The Bertz CT molecular complexity index is 1440. The summed E-state index contributed by atoms with van der Waals surface area (Å²) in [7, 11) is 1.64. The number of carbonyl (C=O) groups excluding carboxylic acids is 2. The van der Waals surface area contributed by atoms with E-state index in [4.69, 9.17) is 21.4 Å². The molecule has 38 heavy (non-hydrogen) atoms. The number of benzene rings is 3. The van der Waals surface area contributed by atoms with Crippen molar-refractivity contribution in [2.45, 2.75) is 38.0 Å². The molecule has 0 radical (unpaired) electrons. The van der Waals surface area contributed by atoms with Crippen molar-refractivity contribution >= 4 is 51.7 Å². The number of hydrazone groups is 1. The van der Waals surface area contributed by atoms with Gasteiger partial charge in [0.1, 0.15) is 11.0 Å². The van der Waals surface area contributed by atoms with Gasteiger partial charge in [-0.15, -0.1) is 0 Å². The number of methoxy groups -OCH3 is 1. The molecule has 0 aliphatic carbocycles. The van der Waals surface area contributed by atoms with Crippen LogP contribution in [-0.4, -0.2) is 40.1 Å². The molecule has 194 valence electrons. The summed E-state index contributed by atoms with van der Waals surface area (Å²) in [6.07, 6.45) is 0.655. The monoisotopic (exact) mass is 546 g/mol. The van der Waals surface area contributed by atoms with Crippen LogP contribution < -0.4 is 10.1 Å². The Morgan fingerprint density at radius 1 is 1.11 bits per heavy atom. The standard InChI is InChI=1S/C29H27ClN4O3S/c1-17-4-7-20(8-5-17)25-15-24(19-9-12-22(37-3)13-10-19)33-34(25)29-32-28(36)26(38-29)16-27(35)31-21-11-6-18(2)23(30)14-21/h4-14,25-26H,15-16H2,1-3H3,(H,31,35)/t25-,26-/m1/s1. The fourth-order valence-corrected chi connectivity index (χ4v) is 5.59. The van der Waals surface area contributed by atoms with Gasteiger partial charge in [0.05, 0.1) is 18.9 Å². The number of anilines is 1. The average Bonchev–Trinajstić information content (AvgIpc) is 3.51. The molecule has 3 aromatic carbocycles. The van der Waals surface area contributed by atoms with Crippen molar-refractivity contribution in [1.29, 1.82) is 0 Å². The lowest BCUT2D eigenvalue weighted by Gasteiger charge is -2.23. The molecule has 5 rings (SSSR count). The second kappa shape index (κ2) is 11.0. The summed E-state index contributed by atoms with van der Waals surface area (Å²) in [5.41, 5.74) is 5.64. The number of thioether (sulfide) groups is 1. The van der Waals surface area contributed by atoms with Gasteiger partial charge in [0, 0.05) is 23.6 Å².